The number of rotatable bonds is 9. The Kier molecular flexibility index (Phi) is 7.74. The zero-order chi connectivity index (χ0) is 22.7. The van der Waals surface area contributed by atoms with Crippen LogP contribution in [0.15, 0.2) is 34.2 Å². The molecule has 172 valence electrons. The highest BCUT2D eigenvalue weighted by atomic mass is 32.2. The van der Waals surface area contributed by atoms with Crippen LogP contribution >= 0.6 is 23.1 Å². The number of aromatic nitrogens is 2. The molecular formula is C26H34N2O2S2. The molecule has 32 heavy (non-hydrogen) atoms. The fraction of sp³-hybridized carbons (Fsp3) is 0.538. The number of hydrogen-bond donors (Lipinski definition) is 0. The first-order chi connectivity index (χ1) is 15.5. The van der Waals surface area contributed by atoms with Gasteiger partial charge < -0.3 is 4.74 Å². The molecule has 0 N–H and O–H groups in total. The van der Waals surface area contributed by atoms with Crippen molar-refractivity contribution in [2.45, 2.75) is 84.1 Å². The number of benzene rings is 1. The second-order valence-electron chi connectivity index (χ2n) is 9.11. The molecule has 0 saturated carbocycles. The Labute approximate surface area is 199 Å². The van der Waals surface area contributed by atoms with Crippen LogP contribution in [0.25, 0.3) is 15.9 Å². The number of thiophene rings is 1. The first kappa shape index (κ1) is 23.5. The van der Waals surface area contributed by atoms with Gasteiger partial charge in [0.25, 0.3) is 5.56 Å². The number of nitrogens with zero attached hydrogens (tertiary/aromatic N) is 2. The highest BCUT2D eigenvalue weighted by Gasteiger charge is 2.28. The fourth-order valence-corrected chi connectivity index (χ4v) is 6.40. The normalized spacial score (nSPS) is 16.1. The minimum absolute atomic E-state index is 0.0641. The summed E-state index contributed by atoms with van der Waals surface area (Å²) in [7, 11) is 0. The van der Waals surface area contributed by atoms with Gasteiger partial charge in [-0.3, -0.25) is 9.36 Å². The third-order valence-corrected chi connectivity index (χ3v) is 8.35. The van der Waals surface area contributed by atoms with Crippen molar-refractivity contribution in [2.24, 2.45) is 5.92 Å². The van der Waals surface area contributed by atoms with Crippen molar-refractivity contribution in [1.82, 2.24) is 9.55 Å². The van der Waals surface area contributed by atoms with Crippen molar-refractivity contribution in [3.63, 3.8) is 0 Å². The Balaban J connectivity index is 1.74. The summed E-state index contributed by atoms with van der Waals surface area (Å²) in [4.78, 5) is 21.0. The van der Waals surface area contributed by atoms with Gasteiger partial charge in [0.1, 0.15) is 4.83 Å². The third kappa shape index (κ3) is 4.97. The summed E-state index contributed by atoms with van der Waals surface area (Å²) < 4.78 is 7.91. The molecule has 1 aromatic carbocycles. The van der Waals surface area contributed by atoms with E-state index in [2.05, 4.69) is 39.8 Å². The molecule has 6 heteroatoms. The summed E-state index contributed by atoms with van der Waals surface area (Å²) in [6, 6.07) is 8.20. The average molecular weight is 471 g/mol. The van der Waals surface area contributed by atoms with E-state index in [0.717, 1.165) is 45.2 Å². The van der Waals surface area contributed by atoms with E-state index in [1.165, 1.54) is 36.1 Å². The van der Waals surface area contributed by atoms with Gasteiger partial charge in [-0.15, -0.1) is 11.3 Å². The van der Waals surface area contributed by atoms with Crippen molar-refractivity contribution in [1.29, 1.82) is 0 Å². The SMILES string of the molecule is CCCCCCCSc1nc2sc3c(c2c(=O)n1-c1ccc(C)cc1)C[C@H](C(C)C)OC3. The zero-order valence-electron chi connectivity index (χ0n) is 19.6. The third-order valence-electron chi connectivity index (χ3n) is 6.23. The van der Waals surface area contributed by atoms with Gasteiger partial charge in [0.05, 0.1) is 23.8 Å². The fourth-order valence-electron chi connectivity index (χ4n) is 4.22. The van der Waals surface area contributed by atoms with Gasteiger partial charge >= 0.3 is 0 Å². The summed E-state index contributed by atoms with van der Waals surface area (Å²) in [5, 5.41) is 1.61. The monoisotopic (exact) mass is 470 g/mol. The van der Waals surface area contributed by atoms with Gasteiger partial charge in [-0.1, -0.05) is 75.9 Å². The lowest BCUT2D eigenvalue weighted by Crippen LogP contribution is -2.28. The van der Waals surface area contributed by atoms with E-state index in [9.17, 15) is 4.79 Å². The maximum Gasteiger partial charge on any atom is 0.267 e. The molecule has 1 atom stereocenters. The molecule has 3 heterocycles. The van der Waals surface area contributed by atoms with Gasteiger partial charge in [0, 0.05) is 17.1 Å². The summed E-state index contributed by atoms with van der Waals surface area (Å²) in [6.45, 7) is 9.26. The van der Waals surface area contributed by atoms with Crippen LogP contribution in [0.2, 0.25) is 0 Å². The summed E-state index contributed by atoms with van der Waals surface area (Å²) in [5.41, 5.74) is 3.31. The Hall–Kier alpha value is -1.63. The number of aryl methyl sites for hydroxylation is 1. The van der Waals surface area contributed by atoms with Crippen LogP contribution in [0.4, 0.5) is 0 Å². The number of unbranched alkanes of at least 4 members (excludes halogenated alkanes) is 4. The number of ether oxygens (including phenoxy) is 1. The molecule has 4 nitrogen and oxygen atoms in total. The minimum atomic E-state index is 0.0641. The molecule has 4 rings (SSSR count). The predicted octanol–water partition coefficient (Wildman–Crippen LogP) is 6.92. The molecule has 0 aliphatic carbocycles. The molecule has 0 amide bonds. The molecule has 0 bridgehead atoms. The molecule has 1 aliphatic heterocycles. The van der Waals surface area contributed by atoms with Gasteiger partial charge in [-0.2, -0.15) is 0 Å². The van der Waals surface area contributed by atoms with Crippen LogP contribution in [-0.2, 0) is 17.8 Å². The van der Waals surface area contributed by atoms with Crippen molar-refractivity contribution >= 4 is 33.3 Å². The first-order valence-corrected chi connectivity index (χ1v) is 13.7. The summed E-state index contributed by atoms with van der Waals surface area (Å²) >= 11 is 3.35. The number of thioether (sulfide) groups is 1. The highest BCUT2D eigenvalue weighted by Crippen LogP contribution is 2.36. The van der Waals surface area contributed by atoms with Crippen LogP contribution < -0.4 is 5.56 Å². The van der Waals surface area contributed by atoms with E-state index in [1.54, 1.807) is 23.1 Å². The molecule has 1 aliphatic rings. The maximum absolute atomic E-state index is 13.9. The summed E-state index contributed by atoms with van der Waals surface area (Å²) in [5.74, 6) is 1.41. The predicted molar refractivity (Wildman–Crippen MR) is 137 cm³/mol. The average Bonchev–Trinajstić information content (AvgIpc) is 3.15. The second-order valence-corrected chi connectivity index (χ2v) is 11.3. The van der Waals surface area contributed by atoms with Gasteiger partial charge in [-0.05, 0) is 37.0 Å². The standard InChI is InChI=1S/C26H34N2O2S2/c1-5-6-7-8-9-14-31-26-27-24-23(20-15-21(17(2)3)30-16-22(20)32-24)25(29)28(26)19-12-10-18(4)11-13-19/h10-13,17,21H,5-9,14-16H2,1-4H3/t21-/m1/s1. The van der Waals surface area contributed by atoms with Crippen LogP contribution in [0.1, 0.15) is 68.9 Å². The Morgan fingerprint density at radius 3 is 2.66 bits per heavy atom. The molecule has 0 spiro atoms. The van der Waals surface area contributed by atoms with Crippen LogP contribution in [0, 0.1) is 12.8 Å². The molecule has 0 fully saturated rings. The topological polar surface area (TPSA) is 44.1 Å². The largest absolute Gasteiger partial charge is 0.372 e. The van der Waals surface area contributed by atoms with Gasteiger partial charge in [-0.25, -0.2) is 4.98 Å². The smallest absolute Gasteiger partial charge is 0.267 e. The molecule has 0 radical (unpaired) electrons. The van der Waals surface area contributed by atoms with Crippen LogP contribution in [0.3, 0.4) is 0 Å². The lowest BCUT2D eigenvalue weighted by Gasteiger charge is -2.26. The second kappa shape index (κ2) is 10.5. The Bertz CT molecular complexity index is 1120. The van der Waals surface area contributed by atoms with Crippen LogP contribution in [0.5, 0.6) is 0 Å². The van der Waals surface area contributed by atoms with Gasteiger partial charge in [0.2, 0.25) is 0 Å². The van der Waals surface area contributed by atoms with E-state index in [-0.39, 0.29) is 11.7 Å². The lowest BCUT2D eigenvalue weighted by molar-refractivity contribution is 0.00200. The molecule has 2 aromatic heterocycles. The van der Waals surface area contributed by atoms with Crippen molar-refractivity contribution in [3.05, 3.63) is 50.6 Å². The first-order valence-electron chi connectivity index (χ1n) is 11.9. The maximum atomic E-state index is 13.9. The molecular weight excluding hydrogens is 436 g/mol. The summed E-state index contributed by atoms with van der Waals surface area (Å²) in [6.07, 6.45) is 7.16. The number of hydrogen-bond acceptors (Lipinski definition) is 5. The van der Waals surface area contributed by atoms with Crippen LogP contribution in [-0.4, -0.2) is 21.4 Å². The van der Waals surface area contributed by atoms with E-state index >= 15 is 0 Å². The van der Waals surface area contributed by atoms with E-state index in [1.807, 2.05) is 16.7 Å². The lowest BCUT2D eigenvalue weighted by atomic mass is 9.96. The van der Waals surface area contributed by atoms with E-state index in [4.69, 9.17) is 9.72 Å². The number of fused-ring (bicyclic) bond motifs is 3. The Morgan fingerprint density at radius 1 is 1.19 bits per heavy atom. The van der Waals surface area contributed by atoms with Crippen molar-refractivity contribution in [3.8, 4) is 5.69 Å². The van der Waals surface area contributed by atoms with Crippen molar-refractivity contribution < 1.29 is 4.74 Å². The zero-order valence-corrected chi connectivity index (χ0v) is 21.3. The van der Waals surface area contributed by atoms with E-state index < -0.39 is 0 Å². The van der Waals surface area contributed by atoms with Gasteiger partial charge in [0.15, 0.2) is 5.16 Å². The van der Waals surface area contributed by atoms with E-state index in [0.29, 0.717) is 12.5 Å². The molecule has 3 aromatic rings. The molecule has 0 saturated heterocycles. The highest BCUT2D eigenvalue weighted by molar-refractivity contribution is 7.99. The minimum Gasteiger partial charge on any atom is -0.372 e. The molecule has 0 unspecified atom stereocenters. The Morgan fingerprint density at radius 2 is 1.94 bits per heavy atom. The van der Waals surface area contributed by atoms with Crippen molar-refractivity contribution in [2.75, 3.05) is 5.75 Å². The quantitative estimate of drug-likeness (QED) is 0.193.